The number of benzene rings is 2. The van der Waals surface area contributed by atoms with E-state index in [1.807, 2.05) is 0 Å². The standard InChI is InChI=1S/C15H9ClN2O2/c16-14-6-5-12(13(9-14)10-17)4-1-11-2-7-15(8-3-11)18(19)20/h1-9H. The summed E-state index contributed by atoms with van der Waals surface area (Å²) in [6.45, 7) is 0. The molecule has 20 heavy (non-hydrogen) atoms. The molecule has 0 unspecified atom stereocenters. The molecule has 4 nitrogen and oxygen atoms in total. The number of halogens is 1. The minimum Gasteiger partial charge on any atom is -0.258 e. The number of non-ortho nitro benzene ring substituents is 1. The third-order valence-electron chi connectivity index (χ3n) is 2.70. The van der Waals surface area contributed by atoms with Crippen molar-refractivity contribution >= 4 is 29.4 Å². The number of hydrogen-bond acceptors (Lipinski definition) is 3. The van der Waals surface area contributed by atoms with E-state index >= 15 is 0 Å². The zero-order valence-corrected chi connectivity index (χ0v) is 11.0. The normalized spacial score (nSPS) is 10.4. The van der Waals surface area contributed by atoms with E-state index < -0.39 is 4.92 Å². The van der Waals surface area contributed by atoms with Crippen molar-refractivity contribution in [2.45, 2.75) is 0 Å². The van der Waals surface area contributed by atoms with Crippen LogP contribution in [-0.2, 0) is 0 Å². The Kier molecular flexibility index (Phi) is 4.14. The van der Waals surface area contributed by atoms with Crippen molar-refractivity contribution in [2.75, 3.05) is 0 Å². The first-order valence-corrected chi connectivity index (χ1v) is 6.10. The van der Waals surface area contributed by atoms with Crippen LogP contribution in [0.5, 0.6) is 0 Å². The summed E-state index contributed by atoms with van der Waals surface area (Å²) in [5.74, 6) is 0. The molecule has 0 heterocycles. The van der Waals surface area contributed by atoms with Crippen LogP contribution in [0.25, 0.3) is 12.2 Å². The number of hydrogen-bond donors (Lipinski definition) is 0. The lowest BCUT2D eigenvalue weighted by molar-refractivity contribution is -0.384. The van der Waals surface area contributed by atoms with Gasteiger partial charge >= 0.3 is 0 Å². The Hall–Kier alpha value is -2.64. The first-order valence-electron chi connectivity index (χ1n) is 5.72. The van der Waals surface area contributed by atoms with Crippen LogP contribution in [0.4, 0.5) is 5.69 Å². The zero-order valence-electron chi connectivity index (χ0n) is 10.3. The monoisotopic (exact) mass is 284 g/mol. The average Bonchev–Trinajstić information content (AvgIpc) is 2.46. The van der Waals surface area contributed by atoms with Gasteiger partial charge in [-0.25, -0.2) is 0 Å². The van der Waals surface area contributed by atoms with E-state index in [0.29, 0.717) is 10.6 Å². The van der Waals surface area contributed by atoms with E-state index in [1.165, 1.54) is 12.1 Å². The summed E-state index contributed by atoms with van der Waals surface area (Å²) in [6, 6.07) is 13.3. The highest BCUT2D eigenvalue weighted by atomic mass is 35.5. The van der Waals surface area contributed by atoms with E-state index in [1.54, 1.807) is 42.5 Å². The summed E-state index contributed by atoms with van der Waals surface area (Å²) in [6.07, 6.45) is 3.56. The molecule has 0 N–H and O–H groups in total. The summed E-state index contributed by atoms with van der Waals surface area (Å²) >= 11 is 5.82. The lowest BCUT2D eigenvalue weighted by Crippen LogP contribution is -1.86. The molecule has 0 aliphatic rings. The van der Waals surface area contributed by atoms with Gasteiger partial charge in [0.05, 0.1) is 16.6 Å². The molecule has 5 heteroatoms. The second-order valence-electron chi connectivity index (χ2n) is 4.03. The molecule has 0 atom stereocenters. The molecule has 2 aromatic rings. The molecule has 2 aromatic carbocycles. The van der Waals surface area contributed by atoms with E-state index in [0.717, 1.165) is 11.1 Å². The molecule has 2 rings (SSSR count). The van der Waals surface area contributed by atoms with Gasteiger partial charge in [0.1, 0.15) is 0 Å². The van der Waals surface area contributed by atoms with Gasteiger partial charge in [-0.1, -0.05) is 29.8 Å². The Bertz CT molecular complexity index is 716. The minimum atomic E-state index is -0.444. The summed E-state index contributed by atoms with van der Waals surface area (Å²) < 4.78 is 0. The number of nitrogens with zero attached hydrogens (tertiary/aromatic N) is 2. The summed E-state index contributed by atoms with van der Waals surface area (Å²) in [5.41, 5.74) is 2.09. The van der Waals surface area contributed by atoms with Gasteiger partial charge < -0.3 is 0 Å². The molecule has 0 aromatic heterocycles. The third-order valence-corrected chi connectivity index (χ3v) is 2.93. The minimum absolute atomic E-state index is 0.0476. The molecular formula is C15H9ClN2O2. The summed E-state index contributed by atoms with van der Waals surface area (Å²) in [7, 11) is 0. The largest absolute Gasteiger partial charge is 0.269 e. The van der Waals surface area contributed by atoms with E-state index in [9.17, 15) is 10.1 Å². The van der Waals surface area contributed by atoms with Crippen LogP contribution in [0.2, 0.25) is 5.02 Å². The topological polar surface area (TPSA) is 66.9 Å². The highest BCUT2D eigenvalue weighted by molar-refractivity contribution is 6.30. The predicted octanol–water partition coefficient (Wildman–Crippen LogP) is 4.29. The number of nitro groups is 1. The molecule has 0 bridgehead atoms. The maximum absolute atomic E-state index is 10.5. The van der Waals surface area contributed by atoms with Crippen LogP contribution in [0.3, 0.4) is 0 Å². The molecule has 0 aliphatic heterocycles. The van der Waals surface area contributed by atoms with Crippen molar-refractivity contribution in [3.05, 3.63) is 74.3 Å². The van der Waals surface area contributed by atoms with Gasteiger partial charge in [-0.15, -0.1) is 0 Å². The summed E-state index contributed by atoms with van der Waals surface area (Å²) in [4.78, 5) is 10.1. The first kappa shape index (κ1) is 13.8. The molecule has 0 spiro atoms. The maximum atomic E-state index is 10.5. The average molecular weight is 285 g/mol. The molecule has 0 saturated carbocycles. The van der Waals surface area contributed by atoms with E-state index in [4.69, 9.17) is 16.9 Å². The quantitative estimate of drug-likeness (QED) is 0.480. The number of nitro benzene ring substituents is 1. The SMILES string of the molecule is N#Cc1cc(Cl)ccc1C=Cc1ccc([N+](=O)[O-])cc1. The Morgan fingerprint density at radius 2 is 1.85 bits per heavy atom. The Morgan fingerprint density at radius 1 is 1.15 bits per heavy atom. The van der Waals surface area contributed by atoms with Gasteiger partial charge in [0, 0.05) is 17.2 Å². The van der Waals surface area contributed by atoms with Crippen molar-refractivity contribution in [2.24, 2.45) is 0 Å². The van der Waals surface area contributed by atoms with Crippen LogP contribution in [0.1, 0.15) is 16.7 Å². The van der Waals surface area contributed by atoms with Gasteiger partial charge in [0.2, 0.25) is 0 Å². The van der Waals surface area contributed by atoms with Gasteiger partial charge in [0.25, 0.3) is 5.69 Å². The van der Waals surface area contributed by atoms with Crippen LogP contribution in [0, 0.1) is 21.4 Å². The lowest BCUT2D eigenvalue weighted by atomic mass is 10.1. The van der Waals surface area contributed by atoms with Gasteiger partial charge in [-0.2, -0.15) is 5.26 Å². The molecule has 98 valence electrons. The third kappa shape index (κ3) is 3.22. The molecule has 0 fully saturated rings. The smallest absolute Gasteiger partial charge is 0.258 e. The molecule has 0 aliphatic carbocycles. The molecule has 0 amide bonds. The lowest BCUT2D eigenvalue weighted by Gasteiger charge is -1.99. The maximum Gasteiger partial charge on any atom is 0.269 e. The second-order valence-corrected chi connectivity index (χ2v) is 4.46. The molecule has 0 saturated heterocycles. The number of rotatable bonds is 3. The van der Waals surface area contributed by atoms with Crippen molar-refractivity contribution in [3.8, 4) is 6.07 Å². The fraction of sp³-hybridized carbons (Fsp3) is 0. The van der Waals surface area contributed by atoms with Gasteiger partial charge in [-0.05, 0) is 35.4 Å². The van der Waals surface area contributed by atoms with Gasteiger partial charge in [0.15, 0.2) is 0 Å². The van der Waals surface area contributed by atoms with Crippen molar-refractivity contribution in [1.82, 2.24) is 0 Å². The Balaban J connectivity index is 2.25. The fourth-order valence-electron chi connectivity index (χ4n) is 1.66. The van der Waals surface area contributed by atoms with Crippen LogP contribution >= 0.6 is 11.6 Å². The highest BCUT2D eigenvalue weighted by Gasteiger charge is 2.03. The first-order chi connectivity index (χ1) is 9.60. The molecular weight excluding hydrogens is 276 g/mol. The Morgan fingerprint density at radius 3 is 2.45 bits per heavy atom. The zero-order chi connectivity index (χ0) is 14.5. The van der Waals surface area contributed by atoms with Crippen molar-refractivity contribution in [1.29, 1.82) is 5.26 Å². The van der Waals surface area contributed by atoms with Gasteiger partial charge in [-0.3, -0.25) is 10.1 Å². The van der Waals surface area contributed by atoms with Crippen LogP contribution in [-0.4, -0.2) is 4.92 Å². The highest BCUT2D eigenvalue weighted by Crippen LogP contribution is 2.19. The Labute approximate surface area is 120 Å². The molecule has 0 radical (unpaired) electrons. The predicted molar refractivity (Wildman–Crippen MR) is 78.2 cm³/mol. The van der Waals surface area contributed by atoms with Crippen LogP contribution < -0.4 is 0 Å². The van der Waals surface area contributed by atoms with Crippen LogP contribution in [0.15, 0.2) is 42.5 Å². The number of nitriles is 1. The second kappa shape index (κ2) is 6.00. The van der Waals surface area contributed by atoms with E-state index in [-0.39, 0.29) is 5.69 Å². The van der Waals surface area contributed by atoms with Crippen molar-refractivity contribution in [3.63, 3.8) is 0 Å². The fourth-order valence-corrected chi connectivity index (χ4v) is 1.84. The van der Waals surface area contributed by atoms with Crippen molar-refractivity contribution < 1.29 is 4.92 Å². The summed E-state index contributed by atoms with van der Waals surface area (Å²) in [5, 5.41) is 20.1. The van der Waals surface area contributed by atoms with E-state index in [2.05, 4.69) is 6.07 Å².